The number of carbonyl (C=O) groups is 1. The molecule has 1 fully saturated rings. The van der Waals surface area contributed by atoms with E-state index >= 15 is 0 Å². The predicted octanol–water partition coefficient (Wildman–Crippen LogP) is 2.79. The normalized spacial score (nSPS) is 20.6. The lowest BCUT2D eigenvalue weighted by Crippen LogP contribution is -2.31. The lowest BCUT2D eigenvalue weighted by atomic mass is 9.98. The van der Waals surface area contributed by atoms with E-state index in [4.69, 9.17) is 0 Å². The molecular weight excluding hydrogens is 254 g/mol. The molecule has 2 rings (SSSR count). The molecule has 20 heavy (non-hydrogen) atoms. The van der Waals surface area contributed by atoms with E-state index in [-0.39, 0.29) is 17.3 Å². The highest BCUT2D eigenvalue weighted by molar-refractivity contribution is 5.98. The third-order valence-electron chi connectivity index (χ3n) is 4.18. The minimum absolute atomic E-state index is 0.00440. The van der Waals surface area contributed by atoms with Gasteiger partial charge in [0.1, 0.15) is 0 Å². The Balaban J connectivity index is 1.95. The summed E-state index contributed by atoms with van der Waals surface area (Å²) in [6.45, 7) is 4.55. The van der Waals surface area contributed by atoms with Crippen LogP contribution in [0.3, 0.4) is 0 Å². The van der Waals surface area contributed by atoms with Gasteiger partial charge in [-0.3, -0.25) is 9.69 Å². The molecule has 1 atom stereocenters. The van der Waals surface area contributed by atoms with Crippen LogP contribution in [0.1, 0.15) is 43.0 Å². The minimum Gasteiger partial charge on any atom is -0.504 e. The van der Waals surface area contributed by atoms with Gasteiger partial charge in [0.15, 0.2) is 17.3 Å². The van der Waals surface area contributed by atoms with Crippen LogP contribution in [0.25, 0.3) is 0 Å². The first-order valence-electron chi connectivity index (χ1n) is 7.37. The van der Waals surface area contributed by atoms with Crippen molar-refractivity contribution >= 4 is 5.78 Å². The van der Waals surface area contributed by atoms with E-state index in [1.54, 1.807) is 6.07 Å². The topological polar surface area (TPSA) is 60.8 Å². The van der Waals surface area contributed by atoms with Gasteiger partial charge < -0.3 is 10.2 Å². The van der Waals surface area contributed by atoms with Crippen molar-refractivity contribution in [2.45, 2.75) is 32.6 Å². The highest BCUT2D eigenvalue weighted by atomic mass is 16.3. The van der Waals surface area contributed by atoms with Gasteiger partial charge in [0.05, 0.1) is 6.54 Å². The Hall–Kier alpha value is -1.55. The van der Waals surface area contributed by atoms with Gasteiger partial charge >= 0.3 is 0 Å². The van der Waals surface area contributed by atoms with E-state index in [1.807, 2.05) is 0 Å². The maximum atomic E-state index is 12.2. The van der Waals surface area contributed by atoms with E-state index < -0.39 is 0 Å². The molecule has 4 nitrogen and oxygen atoms in total. The van der Waals surface area contributed by atoms with Crippen LogP contribution in [0.15, 0.2) is 18.2 Å². The third kappa shape index (κ3) is 3.73. The molecule has 1 heterocycles. The van der Waals surface area contributed by atoms with Gasteiger partial charge in [-0.15, -0.1) is 0 Å². The number of phenolic OH excluding ortho intramolecular Hbond substituents is 2. The molecule has 1 aliphatic heterocycles. The minimum atomic E-state index is -0.238. The molecule has 2 N–H and O–H groups in total. The summed E-state index contributed by atoms with van der Waals surface area (Å²) in [7, 11) is 0. The van der Waals surface area contributed by atoms with Crippen LogP contribution >= 0.6 is 0 Å². The molecule has 0 radical (unpaired) electrons. The third-order valence-corrected chi connectivity index (χ3v) is 4.18. The van der Waals surface area contributed by atoms with E-state index in [1.165, 1.54) is 25.0 Å². The van der Waals surface area contributed by atoms with Gasteiger partial charge in [-0.05, 0) is 56.5 Å². The molecule has 0 spiro atoms. The fraction of sp³-hybridized carbons (Fsp3) is 0.562. The number of hydrogen-bond acceptors (Lipinski definition) is 4. The standard InChI is InChI=1S/C16H23NO3/c1-2-12-4-3-8-17(9-7-12)11-16(20)13-5-6-14(18)15(19)10-13/h5-6,10,12,18-19H,2-4,7-9,11H2,1H3. The Kier molecular flexibility index (Phi) is 5.01. The summed E-state index contributed by atoms with van der Waals surface area (Å²) in [6.07, 6.45) is 4.77. The molecule has 1 aromatic rings. The number of rotatable bonds is 4. The number of hydrogen-bond donors (Lipinski definition) is 2. The maximum absolute atomic E-state index is 12.2. The molecule has 0 aromatic heterocycles. The van der Waals surface area contributed by atoms with Gasteiger partial charge in [0, 0.05) is 5.56 Å². The van der Waals surface area contributed by atoms with Crippen molar-refractivity contribution in [1.29, 1.82) is 0 Å². The number of Topliss-reactive ketones (excluding diaryl/α,β-unsaturated/α-hetero) is 1. The Bertz CT molecular complexity index is 473. The highest BCUT2D eigenvalue weighted by Gasteiger charge is 2.18. The van der Waals surface area contributed by atoms with Gasteiger partial charge in [0.25, 0.3) is 0 Å². The van der Waals surface area contributed by atoms with Gasteiger partial charge in [-0.2, -0.15) is 0 Å². The molecular formula is C16H23NO3. The predicted molar refractivity (Wildman–Crippen MR) is 78.2 cm³/mol. The summed E-state index contributed by atoms with van der Waals surface area (Å²) in [6, 6.07) is 4.26. The smallest absolute Gasteiger partial charge is 0.176 e. The van der Waals surface area contributed by atoms with Gasteiger partial charge in [0.2, 0.25) is 0 Å². The molecule has 0 aliphatic carbocycles. The second-order valence-corrected chi connectivity index (χ2v) is 5.61. The van der Waals surface area contributed by atoms with Crippen LogP contribution in [-0.4, -0.2) is 40.5 Å². The Morgan fingerprint density at radius 2 is 2.05 bits per heavy atom. The van der Waals surface area contributed by atoms with Crippen molar-refractivity contribution in [2.75, 3.05) is 19.6 Å². The summed E-state index contributed by atoms with van der Waals surface area (Å²) in [5.74, 6) is 0.350. The fourth-order valence-electron chi connectivity index (χ4n) is 2.78. The molecule has 0 saturated carbocycles. The van der Waals surface area contributed by atoms with Crippen LogP contribution < -0.4 is 0 Å². The highest BCUT2D eigenvalue weighted by Crippen LogP contribution is 2.25. The number of phenols is 2. The first kappa shape index (κ1) is 14.9. The largest absolute Gasteiger partial charge is 0.504 e. The molecule has 4 heteroatoms. The summed E-state index contributed by atoms with van der Waals surface area (Å²) in [5.41, 5.74) is 0.455. The number of carbonyl (C=O) groups excluding carboxylic acids is 1. The number of benzene rings is 1. The second-order valence-electron chi connectivity index (χ2n) is 5.61. The van der Waals surface area contributed by atoms with Crippen molar-refractivity contribution in [3.8, 4) is 11.5 Å². The summed E-state index contributed by atoms with van der Waals surface area (Å²) in [4.78, 5) is 14.4. The molecule has 1 saturated heterocycles. The first-order valence-corrected chi connectivity index (χ1v) is 7.37. The zero-order chi connectivity index (χ0) is 14.5. The molecule has 110 valence electrons. The Morgan fingerprint density at radius 1 is 1.25 bits per heavy atom. The zero-order valence-corrected chi connectivity index (χ0v) is 12.0. The molecule has 0 amide bonds. The van der Waals surface area contributed by atoms with E-state index in [9.17, 15) is 15.0 Å². The monoisotopic (exact) mass is 277 g/mol. The molecule has 1 aliphatic rings. The van der Waals surface area contributed by atoms with E-state index in [2.05, 4.69) is 11.8 Å². The van der Waals surface area contributed by atoms with Gasteiger partial charge in [-0.1, -0.05) is 13.3 Å². The fourth-order valence-corrected chi connectivity index (χ4v) is 2.78. The lowest BCUT2D eigenvalue weighted by Gasteiger charge is -2.19. The van der Waals surface area contributed by atoms with Crippen LogP contribution in [0.4, 0.5) is 0 Å². The number of likely N-dealkylation sites (tertiary alicyclic amines) is 1. The summed E-state index contributed by atoms with van der Waals surface area (Å²) >= 11 is 0. The number of ketones is 1. The van der Waals surface area contributed by atoms with E-state index in [0.717, 1.165) is 31.8 Å². The quantitative estimate of drug-likeness (QED) is 0.656. The van der Waals surface area contributed by atoms with Crippen molar-refractivity contribution < 1.29 is 15.0 Å². The zero-order valence-electron chi connectivity index (χ0n) is 12.0. The van der Waals surface area contributed by atoms with Crippen molar-refractivity contribution in [2.24, 2.45) is 5.92 Å². The summed E-state index contributed by atoms with van der Waals surface area (Å²) in [5, 5.41) is 18.7. The van der Waals surface area contributed by atoms with Crippen molar-refractivity contribution in [3.63, 3.8) is 0 Å². The van der Waals surface area contributed by atoms with E-state index in [0.29, 0.717) is 12.1 Å². The van der Waals surface area contributed by atoms with Crippen LogP contribution in [0.5, 0.6) is 11.5 Å². The van der Waals surface area contributed by atoms with Crippen LogP contribution in [0.2, 0.25) is 0 Å². The number of aromatic hydroxyl groups is 2. The van der Waals surface area contributed by atoms with Crippen LogP contribution in [-0.2, 0) is 0 Å². The average molecular weight is 277 g/mol. The van der Waals surface area contributed by atoms with Crippen molar-refractivity contribution in [3.05, 3.63) is 23.8 Å². The van der Waals surface area contributed by atoms with Crippen LogP contribution in [0, 0.1) is 5.92 Å². The Morgan fingerprint density at radius 3 is 2.75 bits per heavy atom. The average Bonchev–Trinajstić information content (AvgIpc) is 2.67. The SMILES string of the molecule is CCC1CCCN(CC(=O)c2ccc(O)c(O)c2)CC1. The lowest BCUT2D eigenvalue weighted by molar-refractivity contribution is 0.0932. The number of nitrogens with zero attached hydrogens (tertiary/aromatic N) is 1. The van der Waals surface area contributed by atoms with Crippen molar-refractivity contribution in [1.82, 2.24) is 4.90 Å². The molecule has 0 bridgehead atoms. The summed E-state index contributed by atoms with van der Waals surface area (Å²) < 4.78 is 0. The Labute approximate surface area is 120 Å². The molecule has 1 unspecified atom stereocenters. The molecule has 1 aromatic carbocycles. The maximum Gasteiger partial charge on any atom is 0.176 e. The second kappa shape index (κ2) is 6.75. The first-order chi connectivity index (χ1) is 9.60. The van der Waals surface area contributed by atoms with Gasteiger partial charge in [-0.25, -0.2) is 0 Å².